The van der Waals surface area contributed by atoms with Gasteiger partial charge in [0.2, 0.25) is 0 Å². The van der Waals surface area contributed by atoms with Crippen LogP contribution in [0.25, 0.3) is 11.2 Å². The van der Waals surface area contributed by atoms with Crippen LogP contribution in [-0.2, 0) is 52.7 Å². The molecule has 4 atom stereocenters. The standard InChI is InChI=1S/C37H48N7O9P/c1-24(2)51-35(45)26(4)43-54(48,23-50-25(3)19-44-22-41-32-33(38)39-21-40-34(32)44)53-30-16-14-27(15-17-30)18-31(36(46)52-29-12-8-9-13-29)42-37(47)49-20-28-10-6-5-7-11-28/h5-7,10-11,14-17,21-22,24-26,29,31H,8-9,12-13,18-20,23H2,1-4H3,(H,42,47)(H,43,48)(H2,38,39,40)/t25-,26+,31+,54?/m1/s1. The topological polar surface area (TPSA) is 208 Å². The molecular weight excluding hydrogens is 717 g/mol. The number of rotatable bonds is 18. The van der Waals surface area contributed by atoms with Gasteiger partial charge in [0.25, 0.3) is 0 Å². The molecule has 4 N–H and O–H groups in total. The van der Waals surface area contributed by atoms with E-state index < -0.39 is 50.1 Å². The molecule has 2 heterocycles. The molecule has 1 saturated carbocycles. The van der Waals surface area contributed by atoms with Gasteiger partial charge in [-0.05, 0) is 76.6 Å². The number of alkyl carbamates (subject to hydrolysis) is 1. The van der Waals surface area contributed by atoms with Gasteiger partial charge in [-0.2, -0.15) is 0 Å². The fraction of sp³-hybridized carbons (Fsp3) is 0.459. The van der Waals surface area contributed by atoms with E-state index in [1.165, 1.54) is 13.3 Å². The van der Waals surface area contributed by atoms with E-state index >= 15 is 0 Å². The predicted molar refractivity (Wildman–Crippen MR) is 199 cm³/mol. The van der Waals surface area contributed by atoms with Gasteiger partial charge in [-0.25, -0.2) is 29.6 Å². The molecule has 1 aliphatic rings. The number of nitrogens with two attached hydrogens (primary N) is 1. The largest absolute Gasteiger partial charge is 0.462 e. The van der Waals surface area contributed by atoms with Crippen LogP contribution in [0.15, 0.2) is 67.3 Å². The Bertz CT molecular complexity index is 1900. The van der Waals surface area contributed by atoms with Gasteiger partial charge in [-0.15, -0.1) is 0 Å². The molecule has 1 amide bonds. The Kier molecular flexibility index (Phi) is 14.0. The van der Waals surface area contributed by atoms with Gasteiger partial charge < -0.3 is 39.1 Å². The summed E-state index contributed by atoms with van der Waals surface area (Å²) in [5, 5.41) is 5.46. The van der Waals surface area contributed by atoms with Crippen molar-refractivity contribution in [3.63, 3.8) is 0 Å². The van der Waals surface area contributed by atoms with Crippen molar-refractivity contribution in [3.8, 4) is 5.75 Å². The highest BCUT2D eigenvalue weighted by Gasteiger charge is 2.33. The van der Waals surface area contributed by atoms with Gasteiger partial charge in [0, 0.05) is 6.42 Å². The number of hydrogen-bond donors (Lipinski definition) is 3. The van der Waals surface area contributed by atoms with Crippen molar-refractivity contribution in [2.24, 2.45) is 0 Å². The van der Waals surface area contributed by atoms with E-state index in [1.807, 2.05) is 30.3 Å². The van der Waals surface area contributed by atoms with Gasteiger partial charge >= 0.3 is 25.6 Å². The highest BCUT2D eigenvalue weighted by atomic mass is 31.2. The molecule has 17 heteroatoms. The highest BCUT2D eigenvalue weighted by Crippen LogP contribution is 2.44. The van der Waals surface area contributed by atoms with Gasteiger partial charge in [-0.1, -0.05) is 42.5 Å². The summed E-state index contributed by atoms with van der Waals surface area (Å²) in [4.78, 5) is 51.2. The zero-order valence-corrected chi connectivity index (χ0v) is 31.8. The number of aromatic nitrogens is 4. The van der Waals surface area contributed by atoms with Crippen LogP contribution in [0, 0.1) is 0 Å². The summed E-state index contributed by atoms with van der Waals surface area (Å²) in [6, 6.07) is 13.7. The van der Waals surface area contributed by atoms with Crippen molar-refractivity contribution >= 4 is 42.5 Å². The Balaban J connectivity index is 1.26. The van der Waals surface area contributed by atoms with Crippen molar-refractivity contribution in [1.29, 1.82) is 0 Å². The molecule has 0 spiro atoms. The predicted octanol–water partition coefficient (Wildman–Crippen LogP) is 5.30. The van der Waals surface area contributed by atoms with Crippen LogP contribution in [0.2, 0.25) is 0 Å². The molecule has 0 saturated heterocycles. The normalized spacial score (nSPS) is 15.9. The Hall–Kier alpha value is -5.05. The summed E-state index contributed by atoms with van der Waals surface area (Å²) in [6.07, 6.45) is 4.29. The van der Waals surface area contributed by atoms with Crippen LogP contribution in [0.3, 0.4) is 0 Å². The molecule has 0 radical (unpaired) electrons. The summed E-state index contributed by atoms with van der Waals surface area (Å²) in [5.41, 5.74) is 8.36. The van der Waals surface area contributed by atoms with Crippen LogP contribution >= 0.6 is 7.52 Å². The number of esters is 2. The minimum absolute atomic E-state index is 0.0397. The third-order valence-electron chi connectivity index (χ3n) is 8.50. The Morgan fingerprint density at radius 2 is 1.67 bits per heavy atom. The lowest BCUT2D eigenvalue weighted by Gasteiger charge is -2.25. The van der Waals surface area contributed by atoms with Crippen LogP contribution in [0.5, 0.6) is 5.75 Å². The Labute approximate surface area is 314 Å². The molecule has 290 valence electrons. The maximum atomic E-state index is 14.3. The molecule has 1 fully saturated rings. The van der Waals surface area contributed by atoms with Crippen molar-refractivity contribution in [1.82, 2.24) is 29.9 Å². The van der Waals surface area contributed by atoms with Crippen LogP contribution in [-0.4, -0.2) is 74.3 Å². The van der Waals surface area contributed by atoms with E-state index in [-0.39, 0.29) is 36.8 Å². The molecule has 16 nitrogen and oxygen atoms in total. The minimum atomic E-state index is -3.91. The third kappa shape index (κ3) is 11.7. The highest BCUT2D eigenvalue weighted by molar-refractivity contribution is 7.57. The van der Waals surface area contributed by atoms with E-state index in [2.05, 4.69) is 25.4 Å². The number of imidazole rings is 1. The van der Waals surface area contributed by atoms with E-state index in [9.17, 15) is 18.9 Å². The molecule has 4 aromatic rings. The zero-order valence-electron chi connectivity index (χ0n) is 30.9. The first kappa shape index (κ1) is 40.1. The number of anilines is 1. The Morgan fingerprint density at radius 1 is 0.944 bits per heavy atom. The van der Waals surface area contributed by atoms with Crippen LogP contribution in [0.1, 0.15) is 64.5 Å². The number of nitrogens with one attached hydrogen (secondary N) is 2. The smallest absolute Gasteiger partial charge is 0.408 e. The number of ether oxygens (including phenoxy) is 4. The maximum Gasteiger partial charge on any atom is 0.408 e. The van der Waals surface area contributed by atoms with E-state index in [0.717, 1.165) is 31.2 Å². The summed E-state index contributed by atoms with van der Waals surface area (Å²) in [5.74, 6) is -0.700. The number of fused-ring (bicyclic) bond motifs is 1. The fourth-order valence-corrected chi connectivity index (χ4v) is 7.59. The molecule has 1 unspecified atom stereocenters. The average molecular weight is 766 g/mol. The lowest BCUT2D eigenvalue weighted by molar-refractivity contribution is -0.151. The number of carbonyl (C=O) groups is 3. The molecule has 1 aliphatic carbocycles. The summed E-state index contributed by atoms with van der Waals surface area (Å²) >= 11 is 0. The fourth-order valence-electron chi connectivity index (χ4n) is 5.80. The first-order valence-corrected chi connectivity index (χ1v) is 19.7. The second-order valence-electron chi connectivity index (χ2n) is 13.5. The number of nitrogens with zero attached hydrogens (tertiary/aromatic N) is 4. The summed E-state index contributed by atoms with van der Waals surface area (Å²) < 4.78 is 44.5. The second-order valence-corrected chi connectivity index (χ2v) is 15.5. The van der Waals surface area contributed by atoms with Crippen molar-refractivity contribution in [2.75, 3.05) is 12.1 Å². The lowest BCUT2D eigenvalue weighted by atomic mass is 10.1. The SMILES string of the molecule is CC(C)OC(=O)[C@H](C)NP(=O)(CO[C@H](C)Cn1cnc2c(N)ncnc21)Oc1ccc(C[C@H](NC(=O)OCc2ccccc2)C(=O)OC2CCCC2)cc1. The van der Waals surface area contributed by atoms with Gasteiger partial charge in [0.15, 0.2) is 11.5 Å². The van der Waals surface area contributed by atoms with E-state index in [4.69, 9.17) is 29.2 Å². The first-order chi connectivity index (χ1) is 25.9. The molecule has 2 aromatic carbocycles. The number of amides is 1. The first-order valence-electron chi connectivity index (χ1n) is 17.9. The summed E-state index contributed by atoms with van der Waals surface area (Å²) in [6.45, 7) is 7.08. The second kappa shape index (κ2) is 18.8. The van der Waals surface area contributed by atoms with Crippen LogP contribution < -0.4 is 20.7 Å². The number of carbonyl (C=O) groups excluding carboxylic acids is 3. The van der Waals surface area contributed by atoms with Crippen molar-refractivity contribution in [2.45, 2.75) is 103 Å². The molecule has 0 bridgehead atoms. The Morgan fingerprint density at radius 3 is 2.37 bits per heavy atom. The van der Waals surface area contributed by atoms with Crippen LogP contribution in [0.4, 0.5) is 10.6 Å². The average Bonchev–Trinajstić information content (AvgIpc) is 3.81. The third-order valence-corrected chi connectivity index (χ3v) is 10.3. The number of benzene rings is 2. The number of nitrogen functional groups attached to an aromatic ring is 1. The van der Waals surface area contributed by atoms with Gasteiger partial charge in [0.1, 0.15) is 48.7 Å². The van der Waals surface area contributed by atoms with Crippen molar-refractivity contribution < 1.29 is 42.4 Å². The zero-order chi connectivity index (χ0) is 38.7. The lowest BCUT2D eigenvalue weighted by Crippen LogP contribution is -2.44. The quantitative estimate of drug-likeness (QED) is 0.0668. The monoisotopic (exact) mass is 765 g/mol. The van der Waals surface area contributed by atoms with E-state index in [1.54, 1.807) is 55.9 Å². The van der Waals surface area contributed by atoms with E-state index in [0.29, 0.717) is 23.3 Å². The number of hydrogen-bond acceptors (Lipinski definition) is 13. The van der Waals surface area contributed by atoms with Gasteiger partial charge in [-0.3, -0.25) is 9.36 Å². The maximum absolute atomic E-state index is 14.3. The molecule has 5 rings (SSSR count). The minimum Gasteiger partial charge on any atom is -0.462 e. The van der Waals surface area contributed by atoms with Crippen molar-refractivity contribution in [3.05, 3.63) is 78.4 Å². The molecule has 0 aliphatic heterocycles. The summed E-state index contributed by atoms with van der Waals surface area (Å²) in [7, 11) is -3.91. The molecule has 2 aromatic heterocycles. The molecule has 54 heavy (non-hydrogen) atoms. The molecular formula is C37H48N7O9P. The van der Waals surface area contributed by atoms with Gasteiger partial charge in [0.05, 0.1) is 25.1 Å².